The van der Waals surface area contributed by atoms with Crippen molar-refractivity contribution in [2.45, 2.75) is 31.7 Å². The molecule has 3 rings (SSSR count). The zero-order chi connectivity index (χ0) is 18.5. The van der Waals surface area contributed by atoms with E-state index in [4.69, 9.17) is 4.74 Å². The first-order chi connectivity index (χ1) is 12.6. The van der Waals surface area contributed by atoms with Crippen LogP contribution in [0.5, 0.6) is 5.75 Å². The Bertz CT molecular complexity index is 663. The number of likely N-dealkylation sites (tertiary alicyclic amines) is 2. The van der Waals surface area contributed by atoms with Gasteiger partial charge in [-0.05, 0) is 37.8 Å². The van der Waals surface area contributed by atoms with Crippen molar-refractivity contribution in [3.05, 3.63) is 30.3 Å². The number of carbonyl (C=O) groups excluding carboxylic acids is 2. The van der Waals surface area contributed by atoms with Gasteiger partial charge in [-0.3, -0.25) is 9.59 Å². The lowest BCUT2D eigenvalue weighted by Gasteiger charge is -2.34. The van der Waals surface area contributed by atoms with Crippen LogP contribution in [-0.4, -0.2) is 65.0 Å². The molecule has 7 heteroatoms. The van der Waals surface area contributed by atoms with Gasteiger partial charge in [0.1, 0.15) is 11.8 Å². The molecule has 1 aromatic rings. The van der Waals surface area contributed by atoms with E-state index in [-0.39, 0.29) is 24.3 Å². The average molecular weight is 360 g/mol. The molecule has 140 valence electrons. The van der Waals surface area contributed by atoms with Gasteiger partial charge >= 0.3 is 5.97 Å². The van der Waals surface area contributed by atoms with Gasteiger partial charge in [0, 0.05) is 19.6 Å². The monoisotopic (exact) mass is 360 g/mol. The summed E-state index contributed by atoms with van der Waals surface area (Å²) < 4.78 is 5.50. The maximum absolute atomic E-state index is 12.8. The van der Waals surface area contributed by atoms with Gasteiger partial charge in [-0.2, -0.15) is 0 Å². The van der Waals surface area contributed by atoms with E-state index in [2.05, 4.69) is 0 Å². The molecule has 1 unspecified atom stereocenters. The highest BCUT2D eigenvalue weighted by atomic mass is 16.5. The minimum absolute atomic E-state index is 0.0631. The summed E-state index contributed by atoms with van der Waals surface area (Å²) in [4.78, 5) is 39.6. The Hall–Kier alpha value is -2.57. The first-order valence-electron chi connectivity index (χ1n) is 9.05. The summed E-state index contributed by atoms with van der Waals surface area (Å²) in [5.74, 6) is -0.939. The number of hydrogen-bond donors (Lipinski definition) is 1. The van der Waals surface area contributed by atoms with Gasteiger partial charge in [-0.1, -0.05) is 18.2 Å². The minimum atomic E-state index is -0.948. The number of aliphatic carboxylic acids is 1. The summed E-state index contributed by atoms with van der Waals surface area (Å²) in [7, 11) is 0. The lowest BCUT2D eigenvalue weighted by atomic mass is 9.96. The molecule has 0 aromatic heterocycles. The van der Waals surface area contributed by atoms with E-state index >= 15 is 0 Å². The molecule has 1 aromatic carbocycles. The lowest BCUT2D eigenvalue weighted by molar-refractivity contribution is -0.151. The first kappa shape index (κ1) is 18.2. The quantitative estimate of drug-likeness (QED) is 0.857. The van der Waals surface area contributed by atoms with E-state index in [1.807, 2.05) is 18.2 Å². The van der Waals surface area contributed by atoms with Crippen LogP contribution in [-0.2, 0) is 14.4 Å². The highest BCUT2D eigenvalue weighted by Crippen LogP contribution is 2.25. The Kier molecular flexibility index (Phi) is 5.75. The molecule has 7 nitrogen and oxygen atoms in total. The van der Waals surface area contributed by atoms with Crippen LogP contribution < -0.4 is 4.74 Å². The maximum atomic E-state index is 12.8. The van der Waals surface area contributed by atoms with E-state index < -0.39 is 12.0 Å². The zero-order valence-corrected chi connectivity index (χ0v) is 14.7. The third-order valence-corrected chi connectivity index (χ3v) is 5.05. The second kappa shape index (κ2) is 8.21. The van der Waals surface area contributed by atoms with Crippen LogP contribution in [0.25, 0.3) is 0 Å². The summed E-state index contributed by atoms with van der Waals surface area (Å²) in [6.45, 7) is 1.35. The number of amides is 2. The second-order valence-corrected chi connectivity index (χ2v) is 6.81. The van der Waals surface area contributed by atoms with E-state index in [0.29, 0.717) is 44.6 Å². The van der Waals surface area contributed by atoms with Crippen molar-refractivity contribution in [1.82, 2.24) is 9.80 Å². The van der Waals surface area contributed by atoms with Crippen molar-refractivity contribution >= 4 is 17.8 Å². The zero-order valence-electron chi connectivity index (χ0n) is 14.7. The highest BCUT2D eigenvalue weighted by molar-refractivity contribution is 5.86. The molecular formula is C19H24N2O5. The number of carbonyl (C=O) groups is 3. The van der Waals surface area contributed by atoms with Gasteiger partial charge in [0.25, 0.3) is 5.91 Å². The first-order valence-corrected chi connectivity index (χ1v) is 9.05. The van der Waals surface area contributed by atoms with Crippen LogP contribution in [0.4, 0.5) is 0 Å². The van der Waals surface area contributed by atoms with Crippen molar-refractivity contribution in [3.63, 3.8) is 0 Å². The van der Waals surface area contributed by atoms with E-state index in [1.165, 1.54) is 4.90 Å². The number of para-hydroxylation sites is 1. The van der Waals surface area contributed by atoms with Gasteiger partial charge in [0.15, 0.2) is 6.61 Å². The molecule has 1 N–H and O–H groups in total. The van der Waals surface area contributed by atoms with Crippen molar-refractivity contribution in [2.24, 2.45) is 5.92 Å². The standard InChI is InChI=1S/C19H24N2O5/c22-17(13-26-15-7-2-1-3-8-15)20-10-4-6-14(12-20)18(23)21-11-5-9-16(21)19(24)25/h1-3,7-8,14,16H,4-6,9-13H2,(H,24,25)/t14?,16-/m0/s1. The third kappa shape index (κ3) is 4.15. The molecule has 2 amide bonds. The van der Waals surface area contributed by atoms with Crippen molar-refractivity contribution < 1.29 is 24.2 Å². The Balaban J connectivity index is 1.55. The largest absolute Gasteiger partial charge is 0.484 e. The number of hydrogen-bond acceptors (Lipinski definition) is 4. The fourth-order valence-electron chi connectivity index (χ4n) is 3.68. The summed E-state index contributed by atoms with van der Waals surface area (Å²) >= 11 is 0. The Morgan fingerprint density at radius 2 is 1.81 bits per heavy atom. The van der Waals surface area contributed by atoms with Crippen molar-refractivity contribution in [2.75, 3.05) is 26.2 Å². The lowest BCUT2D eigenvalue weighted by Crippen LogP contribution is -2.50. The predicted octanol–water partition coefficient (Wildman–Crippen LogP) is 1.38. The summed E-state index contributed by atoms with van der Waals surface area (Å²) in [6, 6.07) is 8.40. The smallest absolute Gasteiger partial charge is 0.326 e. The molecular weight excluding hydrogens is 336 g/mol. The molecule has 2 heterocycles. The molecule has 0 bridgehead atoms. The van der Waals surface area contributed by atoms with Gasteiger partial charge in [0.2, 0.25) is 5.91 Å². The normalized spacial score (nSPS) is 22.9. The number of benzene rings is 1. The Morgan fingerprint density at radius 3 is 2.54 bits per heavy atom. The van der Waals surface area contributed by atoms with Crippen molar-refractivity contribution in [3.8, 4) is 5.75 Å². The molecule has 2 fully saturated rings. The van der Waals surface area contributed by atoms with Crippen LogP contribution in [0.1, 0.15) is 25.7 Å². The number of carboxylic acid groups (broad SMARTS) is 1. The SMILES string of the molecule is O=C(O)[C@@H]1CCCN1C(=O)C1CCCN(C(=O)COc2ccccc2)C1. The molecule has 0 radical (unpaired) electrons. The predicted molar refractivity (Wildman–Crippen MR) is 93.6 cm³/mol. The minimum Gasteiger partial charge on any atom is -0.484 e. The number of carboxylic acids is 1. The van der Waals surface area contributed by atoms with Crippen molar-refractivity contribution in [1.29, 1.82) is 0 Å². The topological polar surface area (TPSA) is 87.2 Å². The molecule has 0 saturated carbocycles. The van der Waals surface area contributed by atoms with E-state index in [9.17, 15) is 19.5 Å². The van der Waals surface area contributed by atoms with Crippen LogP contribution in [0, 0.1) is 5.92 Å². The van der Waals surface area contributed by atoms with Crippen LogP contribution in [0.2, 0.25) is 0 Å². The molecule has 2 aliphatic heterocycles. The summed E-state index contributed by atoms with van der Waals surface area (Å²) in [5, 5.41) is 9.27. The second-order valence-electron chi connectivity index (χ2n) is 6.81. The van der Waals surface area contributed by atoms with Crippen LogP contribution >= 0.6 is 0 Å². The molecule has 2 saturated heterocycles. The summed E-state index contributed by atoms with van der Waals surface area (Å²) in [5.41, 5.74) is 0. The molecule has 0 aliphatic carbocycles. The number of nitrogens with zero attached hydrogens (tertiary/aromatic N) is 2. The number of piperidine rings is 1. The van der Waals surface area contributed by atoms with Gasteiger partial charge in [-0.15, -0.1) is 0 Å². The fraction of sp³-hybridized carbons (Fsp3) is 0.526. The molecule has 2 atom stereocenters. The van der Waals surface area contributed by atoms with Gasteiger partial charge in [0.05, 0.1) is 5.92 Å². The molecule has 26 heavy (non-hydrogen) atoms. The van der Waals surface area contributed by atoms with E-state index in [1.54, 1.807) is 17.0 Å². The Morgan fingerprint density at radius 1 is 1.08 bits per heavy atom. The van der Waals surface area contributed by atoms with Crippen LogP contribution in [0.3, 0.4) is 0 Å². The van der Waals surface area contributed by atoms with Gasteiger partial charge < -0.3 is 19.6 Å². The molecule has 0 spiro atoms. The third-order valence-electron chi connectivity index (χ3n) is 5.05. The number of rotatable bonds is 5. The fourth-order valence-corrected chi connectivity index (χ4v) is 3.68. The summed E-state index contributed by atoms with van der Waals surface area (Å²) in [6.07, 6.45) is 2.63. The Labute approximate surface area is 152 Å². The number of ether oxygens (including phenoxy) is 1. The van der Waals surface area contributed by atoms with Crippen LogP contribution in [0.15, 0.2) is 30.3 Å². The van der Waals surface area contributed by atoms with E-state index in [0.717, 1.165) is 6.42 Å². The highest BCUT2D eigenvalue weighted by Gasteiger charge is 2.38. The molecule has 2 aliphatic rings. The van der Waals surface area contributed by atoms with Gasteiger partial charge in [-0.25, -0.2) is 4.79 Å². The average Bonchev–Trinajstić information content (AvgIpc) is 3.16. The maximum Gasteiger partial charge on any atom is 0.326 e.